The van der Waals surface area contributed by atoms with E-state index in [-0.39, 0.29) is 45.3 Å². The maximum Gasteiger partial charge on any atom is 0.420 e. The molecule has 2 aromatic carbocycles. The second kappa shape index (κ2) is 15.9. The van der Waals surface area contributed by atoms with Crippen LogP contribution in [0.5, 0.6) is 11.5 Å². The van der Waals surface area contributed by atoms with E-state index < -0.39 is 23.8 Å². The van der Waals surface area contributed by atoms with E-state index in [2.05, 4.69) is 32.1 Å². The largest absolute Gasteiger partial charge is 0.495 e. The lowest BCUT2D eigenvalue weighted by Crippen LogP contribution is -2.44. The van der Waals surface area contributed by atoms with Gasteiger partial charge in [-0.15, -0.1) is 0 Å². The number of benzene rings is 2. The highest BCUT2D eigenvalue weighted by atomic mass is 35.5. The number of aromatic nitrogens is 2. The van der Waals surface area contributed by atoms with E-state index in [1.807, 2.05) is 12.1 Å². The van der Waals surface area contributed by atoms with Gasteiger partial charge in [-0.25, -0.2) is 29.3 Å². The fourth-order valence-electron chi connectivity index (χ4n) is 6.08. The van der Waals surface area contributed by atoms with Gasteiger partial charge in [0.2, 0.25) is 0 Å². The summed E-state index contributed by atoms with van der Waals surface area (Å²) in [7, 11) is 4.85. The van der Waals surface area contributed by atoms with E-state index >= 15 is 0 Å². The minimum Gasteiger partial charge on any atom is -0.495 e. The average Bonchev–Trinajstić information content (AvgIpc) is 3.95. The summed E-state index contributed by atoms with van der Waals surface area (Å²) < 4.78 is 16.2. The molecular weight excluding hydrogens is 715 g/mol. The maximum atomic E-state index is 13.7. The molecule has 1 saturated heterocycles. The van der Waals surface area contributed by atoms with Crippen LogP contribution in [0.4, 0.5) is 43.0 Å². The topological polar surface area (TPSA) is 176 Å². The van der Waals surface area contributed by atoms with E-state index in [1.165, 1.54) is 50.4 Å². The molecular formula is C35H44Cl2N8O7. The number of rotatable bonds is 10. The van der Waals surface area contributed by atoms with Crippen molar-refractivity contribution in [3.05, 3.63) is 52.4 Å². The smallest absolute Gasteiger partial charge is 0.420 e. The number of nitrogen functional groups attached to an aromatic ring is 1. The van der Waals surface area contributed by atoms with Gasteiger partial charge in [0.1, 0.15) is 45.0 Å². The minimum absolute atomic E-state index is 0.0354. The summed E-state index contributed by atoms with van der Waals surface area (Å²) in [5.74, 6) is 0.178. The molecule has 15 nitrogen and oxygen atoms in total. The van der Waals surface area contributed by atoms with Gasteiger partial charge in [0.05, 0.1) is 37.8 Å². The zero-order valence-corrected chi connectivity index (χ0v) is 31.5. The Balaban J connectivity index is 1.38. The molecule has 52 heavy (non-hydrogen) atoms. The number of hydrogen-bond donors (Lipinski definition) is 3. The van der Waals surface area contributed by atoms with Gasteiger partial charge in [0, 0.05) is 43.0 Å². The Labute approximate surface area is 312 Å². The van der Waals surface area contributed by atoms with Crippen molar-refractivity contribution in [1.82, 2.24) is 20.2 Å². The molecule has 0 unspecified atom stereocenters. The van der Waals surface area contributed by atoms with Gasteiger partial charge < -0.3 is 40.2 Å². The van der Waals surface area contributed by atoms with Crippen LogP contribution in [0.15, 0.2) is 36.7 Å². The first kappa shape index (κ1) is 38.5. The van der Waals surface area contributed by atoms with Crippen molar-refractivity contribution in [2.45, 2.75) is 70.7 Å². The van der Waals surface area contributed by atoms with Crippen molar-refractivity contribution >= 4 is 70.0 Å². The molecule has 0 spiro atoms. The normalized spacial score (nSPS) is 14.9. The summed E-state index contributed by atoms with van der Waals surface area (Å²) >= 11 is 12.8. The first-order chi connectivity index (χ1) is 24.6. The third kappa shape index (κ3) is 8.65. The number of nitrogens with one attached hydrogen (secondary N) is 1. The molecule has 1 aliphatic heterocycles. The zero-order chi connectivity index (χ0) is 37.9. The first-order valence-electron chi connectivity index (χ1n) is 16.7. The minimum atomic E-state index is -1.68. The van der Waals surface area contributed by atoms with Crippen LogP contribution in [-0.2, 0) is 11.3 Å². The molecule has 17 heteroatoms. The van der Waals surface area contributed by atoms with E-state index in [0.717, 1.165) is 31.6 Å². The first-order valence-corrected chi connectivity index (χ1v) is 17.5. The number of nitrogens with zero attached hydrogens (tertiary/aromatic N) is 6. The van der Waals surface area contributed by atoms with Crippen LogP contribution in [0, 0.1) is 0 Å². The quantitative estimate of drug-likeness (QED) is 0.182. The Morgan fingerprint density at radius 3 is 2.13 bits per heavy atom. The number of hydrogen-bond acceptors (Lipinski definition) is 11. The van der Waals surface area contributed by atoms with Crippen LogP contribution >= 0.6 is 23.2 Å². The number of ether oxygens (including phenoxy) is 3. The summed E-state index contributed by atoms with van der Waals surface area (Å²) in [4.78, 5) is 54.3. The fraction of sp³-hybridized carbons (Fsp3) is 0.457. The SMILES string of the molecule is COc1cc(OC)c(Cl)c(N(C(=O)O)C(=O)NCc2cc(N(C(=O)OC(C)(C)C)c3ccc(N4CCC(N(C)C5CC5)CC4)cc3N)ncn2)c1Cl. The predicted molar refractivity (Wildman–Crippen MR) is 200 cm³/mol. The predicted octanol–water partition coefficient (Wildman–Crippen LogP) is 6.91. The molecule has 1 aliphatic carbocycles. The van der Waals surface area contributed by atoms with Crippen molar-refractivity contribution in [3.8, 4) is 11.5 Å². The maximum absolute atomic E-state index is 13.7. The average molecular weight is 760 g/mol. The number of methoxy groups -OCH3 is 2. The molecule has 0 bridgehead atoms. The van der Waals surface area contributed by atoms with Gasteiger partial charge >= 0.3 is 18.2 Å². The van der Waals surface area contributed by atoms with Gasteiger partial charge in [-0.2, -0.15) is 4.90 Å². The molecule has 5 rings (SSSR count). The lowest BCUT2D eigenvalue weighted by molar-refractivity contribution is 0.0598. The highest BCUT2D eigenvalue weighted by Crippen LogP contribution is 2.46. The summed E-state index contributed by atoms with van der Waals surface area (Å²) in [5.41, 5.74) is 7.25. The van der Waals surface area contributed by atoms with Gasteiger partial charge in [0.25, 0.3) is 0 Å². The van der Waals surface area contributed by atoms with E-state index in [0.29, 0.717) is 28.4 Å². The number of piperidine rings is 1. The molecule has 4 amide bonds. The Hall–Kier alpha value is -4.73. The number of halogens is 2. The van der Waals surface area contributed by atoms with Crippen LogP contribution in [0.3, 0.4) is 0 Å². The van der Waals surface area contributed by atoms with Gasteiger partial charge in [0.15, 0.2) is 0 Å². The van der Waals surface area contributed by atoms with Crippen LogP contribution in [0.1, 0.15) is 52.1 Å². The lowest BCUT2D eigenvalue weighted by atomic mass is 10.0. The highest BCUT2D eigenvalue weighted by molar-refractivity contribution is 6.43. The van der Waals surface area contributed by atoms with Crippen LogP contribution < -0.4 is 35.2 Å². The standard InChI is InChI=1S/C35H44Cl2N8O7/c1-35(2,3)52-34(49)44(25-10-9-23(16-24(25)38)43-13-11-22(12-14-43)42(4)21-7-8-21)28-15-20(40-19-41-28)18-39-32(46)45(33(47)48)31-29(36)26(50-5)17-27(51-6)30(31)37/h9-10,15-17,19,21-22H,7-8,11-14,18,38H2,1-6H3,(H,39,46)(H,47,48). The number of carboxylic acid groups (broad SMARTS) is 1. The van der Waals surface area contributed by atoms with Crippen molar-refractivity contribution in [2.24, 2.45) is 0 Å². The summed E-state index contributed by atoms with van der Waals surface area (Å²) in [6, 6.07) is 8.50. The molecule has 0 atom stereocenters. The van der Waals surface area contributed by atoms with Crippen LogP contribution in [0.2, 0.25) is 10.0 Å². The van der Waals surface area contributed by atoms with Crippen molar-refractivity contribution < 1.29 is 33.7 Å². The summed E-state index contributed by atoms with van der Waals surface area (Å²) in [6.07, 6.45) is 3.45. The molecule has 1 aromatic heterocycles. The van der Waals surface area contributed by atoms with Crippen LogP contribution in [-0.4, -0.2) is 90.2 Å². The molecule has 2 aliphatic rings. The van der Waals surface area contributed by atoms with Crippen molar-refractivity contribution in [1.29, 1.82) is 0 Å². The monoisotopic (exact) mass is 758 g/mol. The van der Waals surface area contributed by atoms with Crippen molar-refractivity contribution in [2.75, 3.05) is 54.8 Å². The second-order valence-corrected chi connectivity index (χ2v) is 14.3. The zero-order valence-electron chi connectivity index (χ0n) is 30.0. The van der Waals surface area contributed by atoms with E-state index in [9.17, 15) is 19.5 Å². The number of amides is 4. The number of urea groups is 1. The number of carbonyl (C=O) groups is 3. The Bertz CT molecular complexity index is 1780. The Kier molecular flexibility index (Phi) is 11.8. The second-order valence-electron chi connectivity index (χ2n) is 13.6. The fourth-order valence-corrected chi connectivity index (χ4v) is 6.75. The molecule has 2 fully saturated rings. The number of imide groups is 1. The molecule has 2 heterocycles. The Morgan fingerprint density at radius 1 is 0.981 bits per heavy atom. The third-order valence-corrected chi connectivity index (χ3v) is 9.61. The molecule has 4 N–H and O–H groups in total. The number of nitrogens with two attached hydrogens (primary N) is 1. The summed E-state index contributed by atoms with van der Waals surface area (Å²) in [5, 5.41) is 12.1. The molecule has 3 aromatic rings. The number of anilines is 5. The highest BCUT2D eigenvalue weighted by Gasteiger charge is 2.34. The van der Waals surface area contributed by atoms with E-state index in [4.69, 9.17) is 43.1 Å². The lowest BCUT2D eigenvalue weighted by Gasteiger charge is -2.38. The van der Waals surface area contributed by atoms with Gasteiger partial charge in [-0.05, 0) is 71.7 Å². The van der Waals surface area contributed by atoms with Gasteiger partial charge in [-0.3, -0.25) is 0 Å². The van der Waals surface area contributed by atoms with Crippen LogP contribution in [0.25, 0.3) is 0 Å². The number of carbonyl (C=O) groups excluding carboxylic acids is 2. The van der Waals surface area contributed by atoms with Crippen molar-refractivity contribution in [3.63, 3.8) is 0 Å². The molecule has 280 valence electrons. The summed E-state index contributed by atoms with van der Waals surface area (Å²) in [6.45, 7) is 6.72. The molecule has 1 saturated carbocycles. The Morgan fingerprint density at radius 2 is 1.60 bits per heavy atom. The van der Waals surface area contributed by atoms with Gasteiger partial charge in [-0.1, -0.05) is 23.2 Å². The van der Waals surface area contributed by atoms with E-state index in [1.54, 1.807) is 26.8 Å². The molecule has 0 radical (unpaired) electrons. The third-order valence-electron chi connectivity index (χ3n) is 8.88.